The van der Waals surface area contributed by atoms with Crippen LogP contribution in [0.5, 0.6) is 0 Å². The van der Waals surface area contributed by atoms with E-state index < -0.39 is 0 Å². The second-order valence-electron chi connectivity index (χ2n) is 5.17. The number of fused-ring (bicyclic) bond motifs is 1. The van der Waals surface area contributed by atoms with Gasteiger partial charge in [-0.1, -0.05) is 30.3 Å². The molecular formula is C14H20N2. The Balaban J connectivity index is 1.69. The normalized spacial score (nSPS) is 34.2. The number of hydrogen-bond donors (Lipinski definition) is 1. The molecule has 1 aromatic rings. The maximum Gasteiger partial charge on any atom is 0.0267 e. The summed E-state index contributed by atoms with van der Waals surface area (Å²) in [6, 6.07) is 12.3. The standard InChI is InChI=1S/C14H20N2/c1-11-13-7-8-16(14(13)9-15-11)10-12-5-3-2-4-6-12/h2-6,11,13-15H,7-10H2,1H3/t11-,13-,14+/m1/s1. The Kier molecular flexibility index (Phi) is 2.70. The lowest BCUT2D eigenvalue weighted by Crippen LogP contribution is -2.33. The van der Waals surface area contributed by atoms with Crippen LogP contribution in [0.3, 0.4) is 0 Å². The molecule has 86 valence electrons. The first-order chi connectivity index (χ1) is 7.84. The summed E-state index contributed by atoms with van der Waals surface area (Å²) in [4.78, 5) is 2.65. The van der Waals surface area contributed by atoms with E-state index in [0.29, 0.717) is 6.04 Å². The van der Waals surface area contributed by atoms with Crippen molar-refractivity contribution < 1.29 is 0 Å². The van der Waals surface area contributed by atoms with E-state index in [-0.39, 0.29) is 0 Å². The molecule has 2 heteroatoms. The minimum absolute atomic E-state index is 0.714. The van der Waals surface area contributed by atoms with Crippen LogP contribution >= 0.6 is 0 Å². The van der Waals surface area contributed by atoms with Crippen LogP contribution < -0.4 is 5.32 Å². The number of rotatable bonds is 2. The molecule has 2 heterocycles. The molecule has 1 aromatic carbocycles. The second kappa shape index (κ2) is 4.19. The van der Waals surface area contributed by atoms with Crippen molar-refractivity contribution in [3.8, 4) is 0 Å². The third-order valence-corrected chi connectivity index (χ3v) is 4.23. The van der Waals surface area contributed by atoms with E-state index in [2.05, 4.69) is 47.5 Å². The van der Waals surface area contributed by atoms with Crippen LogP contribution in [0.1, 0.15) is 18.9 Å². The highest BCUT2D eigenvalue weighted by Gasteiger charge is 2.41. The van der Waals surface area contributed by atoms with Crippen LogP contribution in [-0.2, 0) is 6.54 Å². The highest BCUT2D eigenvalue weighted by molar-refractivity contribution is 5.15. The molecule has 2 aliphatic heterocycles. The van der Waals surface area contributed by atoms with Gasteiger partial charge in [-0.2, -0.15) is 0 Å². The number of likely N-dealkylation sites (tertiary alicyclic amines) is 1. The summed E-state index contributed by atoms with van der Waals surface area (Å²) in [5.41, 5.74) is 1.45. The number of nitrogens with one attached hydrogen (secondary N) is 1. The predicted molar refractivity (Wildman–Crippen MR) is 66.2 cm³/mol. The lowest BCUT2D eigenvalue weighted by Gasteiger charge is -2.23. The summed E-state index contributed by atoms with van der Waals surface area (Å²) in [5, 5.41) is 3.60. The van der Waals surface area contributed by atoms with E-state index in [4.69, 9.17) is 0 Å². The first-order valence-electron chi connectivity index (χ1n) is 6.36. The SMILES string of the molecule is C[C@H]1NC[C@H]2[C@@H]1CCN2Cc1ccccc1. The molecule has 0 aromatic heterocycles. The smallest absolute Gasteiger partial charge is 0.0267 e. The van der Waals surface area contributed by atoms with Crippen LogP contribution in [0.15, 0.2) is 30.3 Å². The molecule has 0 radical (unpaired) electrons. The van der Waals surface area contributed by atoms with Crippen LogP contribution in [-0.4, -0.2) is 30.1 Å². The zero-order valence-corrected chi connectivity index (χ0v) is 9.89. The van der Waals surface area contributed by atoms with Crippen molar-refractivity contribution in [2.24, 2.45) is 5.92 Å². The minimum atomic E-state index is 0.714. The molecule has 2 saturated heterocycles. The van der Waals surface area contributed by atoms with Crippen LogP contribution in [0, 0.1) is 5.92 Å². The van der Waals surface area contributed by atoms with E-state index in [1.54, 1.807) is 0 Å². The highest BCUT2D eigenvalue weighted by Crippen LogP contribution is 2.32. The second-order valence-corrected chi connectivity index (χ2v) is 5.17. The van der Waals surface area contributed by atoms with E-state index in [1.807, 2.05) is 0 Å². The Bertz CT molecular complexity index is 349. The molecule has 2 nitrogen and oxygen atoms in total. The van der Waals surface area contributed by atoms with Gasteiger partial charge in [-0.15, -0.1) is 0 Å². The average molecular weight is 216 g/mol. The molecular weight excluding hydrogens is 196 g/mol. The quantitative estimate of drug-likeness (QED) is 0.812. The van der Waals surface area contributed by atoms with Crippen molar-refractivity contribution in [2.45, 2.75) is 32.0 Å². The maximum atomic E-state index is 3.60. The molecule has 0 unspecified atom stereocenters. The Labute approximate surface area is 97.6 Å². The molecule has 3 atom stereocenters. The third-order valence-electron chi connectivity index (χ3n) is 4.23. The van der Waals surface area contributed by atoms with Gasteiger partial charge >= 0.3 is 0 Å². The van der Waals surface area contributed by atoms with E-state index >= 15 is 0 Å². The van der Waals surface area contributed by atoms with E-state index in [1.165, 1.54) is 25.1 Å². The number of hydrogen-bond acceptors (Lipinski definition) is 2. The van der Waals surface area contributed by atoms with Crippen molar-refractivity contribution in [1.82, 2.24) is 10.2 Å². The van der Waals surface area contributed by atoms with Crippen molar-refractivity contribution in [3.63, 3.8) is 0 Å². The van der Waals surface area contributed by atoms with Gasteiger partial charge in [0.1, 0.15) is 0 Å². The molecule has 0 aliphatic carbocycles. The third kappa shape index (κ3) is 1.76. The Morgan fingerprint density at radius 2 is 2.12 bits per heavy atom. The maximum absolute atomic E-state index is 3.60. The fraction of sp³-hybridized carbons (Fsp3) is 0.571. The molecule has 0 bridgehead atoms. The van der Waals surface area contributed by atoms with E-state index in [0.717, 1.165) is 18.5 Å². The van der Waals surface area contributed by atoms with Crippen LogP contribution in [0.25, 0.3) is 0 Å². The summed E-state index contributed by atoms with van der Waals surface area (Å²) >= 11 is 0. The Morgan fingerprint density at radius 1 is 1.31 bits per heavy atom. The van der Waals surface area contributed by atoms with E-state index in [9.17, 15) is 0 Å². The van der Waals surface area contributed by atoms with Crippen molar-refractivity contribution in [1.29, 1.82) is 0 Å². The van der Waals surface area contributed by atoms with Crippen molar-refractivity contribution >= 4 is 0 Å². The van der Waals surface area contributed by atoms with Crippen LogP contribution in [0.4, 0.5) is 0 Å². The molecule has 1 N–H and O–H groups in total. The van der Waals surface area contributed by atoms with Gasteiger partial charge in [-0.25, -0.2) is 0 Å². The summed E-state index contributed by atoms with van der Waals surface area (Å²) in [5.74, 6) is 0.878. The monoisotopic (exact) mass is 216 g/mol. The van der Waals surface area contributed by atoms with Gasteiger partial charge in [0.25, 0.3) is 0 Å². The zero-order chi connectivity index (χ0) is 11.0. The van der Waals surface area contributed by atoms with Gasteiger partial charge in [0.2, 0.25) is 0 Å². The topological polar surface area (TPSA) is 15.3 Å². The fourth-order valence-corrected chi connectivity index (χ4v) is 3.28. The Morgan fingerprint density at radius 3 is 2.94 bits per heavy atom. The van der Waals surface area contributed by atoms with Crippen molar-refractivity contribution in [2.75, 3.05) is 13.1 Å². The van der Waals surface area contributed by atoms with Gasteiger partial charge in [0.05, 0.1) is 0 Å². The van der Waals surface area contributed by atoms with Gasteiger partial charge in [-0.3, -0.25) is 4.90 Å². The first kappa shape index (κ1) is 10.3. The van der Waals surface area contributed by atoms with Crippen LogP contribution in [0.2, 0.25) is 0 Å². The molecule has 2 fully saturated rings. The Hall–Kier alpha value is -0.860. The zero-order valence-electron chi connectivity index (χ0n) is 9.89. The molecule has 16 heavy (non-hydrogen) atoms. The lowest BCUT2D eigenvalue weighted by atomic mass is 9.98. The number of benzene rings is 1. The number of nitrogens with zero attached hydrogens (tertiary/aromatic N) is 1. The predicted octanol–water partition coefficient (Wildman–Crippen LogP) is 1.87. The summed E-state index contributed by atoms with van der Waals surface area (Å²) in [7, 11) is 0. The fourth-order valence-electron chi connectivity index (χ4n) is 3.28. The van der Waals surface area contributed by atoms with Gasteiger partial charge in [0, 0.05) is 25.2 Å². The molecule has 0 saturated carbocycles. The molecule has 0 spiro atoms. The summed E-state index contributed by atoms with van der Waals surface area (Å²) < 4.78 is 0. The summed E-state index contributed by atoms with van der Waals surface area (Å²) in [6.07, 6.45) is 1.37. The lowest BCUT2D eigenvalue weighted by molar-refractivity contribution is 0.242. The largest absolute Gasteiger partial charge is 0.312 e. The van der Waals surface area contributed by atoms with Gasteiger partial charge < -0.3 is 5.32 Å². The molecule has 0 amide bonds. The van der Waals surface area contributed by atoms with Crippen molar-refractivity contribution in [3.05, 3.63) is 35.9 Å². The highest BCUT2D eigenvalue weighted by atomic mass is 15.2. The average Bonchev–Trinajstić information content (AvgIpc) is 2.86. The summed E-state index contributed by atoms with van der Waals surface area (Å²) in [6.45, 7) is 5.90. The molecule has 3 rings (SSSR count). The molecule has 2 aliphatic rings. The van der Waals surface area contributed by atoms with Gasteiger partial charge in [-0.05, 0) is 31.4 Å². The first-order valence-corrected chi connectivity index (χ1v) is 6.36. The minimum Gasteiger partial charge on any atom is -0.312 e. The van der Waals surface area contributed by atoms with Gasteiger partial charge in [0.15, 0.2) is 0 Å².